The number of benzene rings is 2. The van der Waals surface area contributed by atoms with Gasteiger partial charge in [-0.3, -0.25) is 9.59 Å². The van der Waals surface area contributed by atoms with Gasteiger partial charge in [0.25, 0.3) is 5.91 Å². The van der Waals surface area contributed by atoms with E-state index in [1.54, 1.807) is 44.2 Å². The summed E-state index contributed by atoms with van der Waals surface area (Å²) in [6.45, 7) is 5.30. The van der Waals surface area contributed by atoms with E-state index < -0.39 is 5.60 Å². The first-order valence-electron chi connectivity index (χ1n) is 8.56. The molecule has 7 heteroatoms. The van der Waals surface area contributed by atoms with E-state index in [2.05, 4.69) is 26.6 Å². The maximum atomic E-state index is 12.6. The zero-order chi connectivity index (χ0) is 20.0. The summed E-state index contributed by atoms with van der Waals surface area (Å²) in [5.74, 6) is 0.176. The fraction of sp³-hybridized carbons (Fsp3) is 0.300. The highest BCUT2D eigenvalue weighted by molar-refractivity contribution is 9.10. The number of rotatable bonds is 7. The minimum Gasteiger partial charge on any atom is -0.478 e. The number of ether oxygens (including phenoxy) is 1. The lowest BCUT2D eigenvalue weighted by molar-refractivity contribution is -0.128. The largest absolute Gasteiger partial charge is 0.478 e. The third-order valence-electron chi connectivity index (χ3n) is 3.71. The highest BCUT2D eigenvalue weighted by atomic mass is 79.9. The maximum Gasteiger partial charge on any atom is 0.267 e. The smallest absolute Gasteiger partial charge is 0.267 e. The average Bonchev–Trinajstić information content (AvgIpc) is 2.59. The van der Waals surface area contributed by atoms with Gasteiger partial charge in [-0.1, -0.05) is 34.5 Å². The van der Waals surface area contributed by atoms with Gasteiger partial charge in [-0.25, -0.2) is 0 Å². The summed E-state index contributed by atoms with van der Waals surface area (Å²) in [6, 6.07) is 12.2. The number of anilines is 2. The Balaban J connectivity index is 2.04. The monoisotopic (exact) mass is 452 g/mol. The van der Waals surface area contributed by atoms with Gasteiger partial charge in [-0.15, -0.1) is 0 Å². The van der Waals surface area contributed by atoms with Crippen LogP contribution in [0.4, 0.5) is 11.4 Å². The van der Waals surface area contributed by atoms with Gasteiger partial charge in [-0.05, 0) is 62.7 Å². The van der Waals surface area contributed by atoms with Gasteiger partial charge in [0, 0.05) is 16.6 Å². The Kier molecular flexibility index (Phi) is 7.27. The van der Waals surface area contributed by atoms with Crippen molar-refractivity contribution in [3.63, 3.8) is 0 Å². The molecule has 27 heavy (non-hydrogen) atoms. The van der Waals surface area contributed by atoms with Crippen LogP contribution < -0.4 is 15.4 Å². The van der Waals surface area contributed by atoms with Crippen LogP contribution in [0.2, 0.25) is 5.02 Å². The van der Waals surface area contributed by atoms with Crippen molar-refractivity contribution in [1.82, 2.24) is 0 Å². The van der Waals surface area contributed by atoms with Crippen LogP contribution in [0.15, 0.2) is 46.9 Å². The van der Waals surface area contributed by atoms with Crippen LogP contribution in [0.3, 0.4) is 0 Å². The van der Waals surface area contributed by atoms with E-state index in [1.165, 1.54) is 0 Å². The number of amides is 2. The fourth-order valence-corrected chi connectivity index (χ4v) is 2.75. The summed E-state index contributed by atoms with van der Waals surface area (Å²) in [7, 11) is 0. The Labute approximate surface area is 172 Å². The molecule has 2 amide bonds. The summed E-state index contributed by atoms with van der Waals surface area (Å²) >= 11 is 9.57. The topological polar surface area (TPSA) is 67.4 Å². The molecular formula is C20H22BrClN2O3. The Bertz CT molecular complexity index is 822. The Morgan fingerprint density at radius 2 is 1.78 bits per heavy atom. The van der Waals surface area contributed by atoms with E-state index in [0.29, 0.717) is 28.6 Å². The first kappa shape index (κ1) is 21.3. The molecule has 0 saturated carbocycles. The Morgan fingerprint density at radius 3 is 2.37 bits per heavy atom. The highest BCUT2D eigenvalue weighted by Gasteiger charge is 2.30. The number of hydrogen-bond acceptors (Lipinski definition) is 3. The molecule has 2 aromatic rings. The van der Waals surface area contributed by atoms with Gasteiger partial charge in [0.2, 0.25) is 5.91 Å². The van der Waals surface area contributed by atoms with Crippen molar-refractivity contribution >= 4 is 50.7 Å². The van der Waals surface area contributed by atoms with Crippen LogP contribution in [-0.4, -0.2) is 17.4 Å². The van der Waals surface area contributed by atoms with Gasteiger partial charge in [0.05, 0.1) is 10.7 Å². The van der Waals surface area contributed by atoms with E-state index >= 15 is 0 Å². The quantitative estimate of drug-likeness (QED) is 0.570. The zero-order valence-corrected chi connectivity index (χ0v) is 17.8. The van der Waals surface area contributed by atoms with E-state index in [9.17, 15) is 9.59 Å². The molecule has 2 aromatic carbocycles. The summed E-state index contributed by atoms with van der Waals surface area (Å²) in [5, 5.41) is 5.89. The van der Waals surface area contributed by atoms with Gasteiger partial charge in [0.15, 0.2) is 5.60 Å². The van der Waals surface area contributed by atoms with E-state index in [-0.39, 0.29) is 11.8 Å². The van der Waals surface area contributed by atoms with Crippen molar-refractivity contribution in [1.29, 1.82) is 0 Å². The minimum absolute atomic E-state index is 0.0970. The first-order valence-corrected chi connectivity index (χ1v) is 9.74. The van der Waals surface area contributed by atoms with Crippen molar-refractivity contribution in [2.45, 2.75) is 39.2 Å². The molecule has 0 saturated heterocycles. The van der Waals surface area contributed by atoms with Crippen LogP contribution in [0.1, 0.15) is 33.6 Å². The van der Waals surface area contributed by atoms with Crippen LogP contribution in [0.25, 0.3) is 0 Å². The molecule has 0 radical (unpaired) electrons. The molecule has 2 N–H and O–H groups in total. The van der Waals surface area contributed by atoms with Crippen molar-refractivity contribution < 1.29 is 14.3 Å². The normalized spacial score (nSPS) is 11.0. The second-order valence-corrected chi connectivity index (χ2v) is 7.84. The van der Waals surface area contributed by atoms with Crippen LogP contribution in [0.5, 0.6) is 5.75 Å². The third kappa shape index (κ3) is 6.26. The van der Waals surface area contributed by atoms with E-state index in [4.69, 9.17) is 16.3 Å². The molecule has 0 fully saturated rings. The number of carbonyl (C=O) groups excluding carboxylic acids is 2. The molecule has 0 heterocycles. The molecule has 0 bridgehead atoms. The average molecular weight is 454 g/mol. The van der Waals surface area contributed by atoms with Crippen molar-refractivity contribution in [2.75, 3.05) is 10.6 Å². The summed E-state index contributed by atoms with van der Waals surface area (Å²) in [6.07, 6.45) is 1.18. The van der Waals surface area contributed by atoms with Crippen molar-refractivity contribution in [3.05, 3.63) is 52.0 Å². The second kappa shape index (κ2) is 9.24. The first-order chi connectivity index (χ1) is 12.7. The van der Waals surface area contributed by atoms with Gasteiger partial charge in [-0.2, -0.15) is 0 Å². The third-order valence-corrected chi connectivity index (χ3v) is 4.55. The van der Waals surface area contributed by atoms with Crippen LogP contribution in [-0.2, 0) is 9.59 Å². The lowest BCUT2D eigenvalue weighted by Gasteiger charge is -2.25. The summed E-state index contributed by atoms with van der Waals surface area (Å²) in [5.41, 5.74) is -0.0571. The molecule has 0 spiro atoms. The Morgan fingerprint density at radius 1 is 1.11 bits per heavy atom. The fourth-order valence-electron chi connectivity index (χ4n) is 2.26. The Hall–Kier alpha value is -2.05. The van der Waals surface area contributed by atoms with Crippen LogP contribution >= 0.6 is 27.5 Å². The zero-order valence-electron chi connectivity index (χ0n) is 15.4. The number of nitrogens with one attached hydrogen (secondary N) is 2. The SMILES string of the molecule is CCCC(=O)Nc1ccc(NC(=O)C(C)(C)Oc2ccc(Br)cc2)cc1Cl. The molecule has 0 aromatic heterocycles. The van der Waals surface area contributed by atoms with E-state index in [1.807, 2.05) is 19.1 Å². The second-order valence-electron chi connectivity index (χ2n) is 6.51. The molecule has 0 aliphatic rings. The van der Waals surface area contributed by atoms with E-state index in [0.717, 1.165) is 10.9 Å². The molecule has 0 aliphatic carbocycles. The lowest BCUT2D eigenvalue weighted by Crippen LogP contribution is -2.42. The highest BCUT2D eigenvalue weighted by Crippen LogP contribution is 2.27. The minimum atomic E-state index is -1.09. The summed E-state index contributed by atoms with van der Waals surface area (Å²) < 4.78 is 6.73. The molecule has 0 unspecified atom stereocenters. The molecule has 0 atom stereocenters. The summed E-state index contributed by atoms with van der Waals surface area (Å²) in [4.78, 5) is 24.3. The van der Waals surface area contributed by atoms with Crippen molar-refractivity contribution in [2.24, 2.45) is 0 Å². The molecule has 5 nitrogen and oxygen atoms in total. The molecule has 144 valence electrons. The predicted molar refractivity (Wildman–Crippen MR) is 112 cm³/mol. The molecule has 0 aliphatic heterocycles. The predicted octanol–water partition coefficient (Wildman–Crippen LogP) is 5.64. The molecular weight excluding hydrogens is 432 g/mol. The molecule has 2 rings (SSSR count). The lowest BCUT2D eigenvalue weighted by atomic mass is 10.1. The van der Waals surface area contributed by atoms with Crippen molar-refractivity contribution in [3.8, 4) is 5.75 Å². The standard InChI is InChI=1S/C20H22BrClN2O3/c1-4-5-18(25)24-17-11-8-14(12-16(17)22)23-19(26)20(2,3)27-15-9-6-13(21)7-10-15/h6-12H,4-5H2,1-3H3,(H,23,26)(H,24,25). The van der Waals surface area contributed by atoms with Gasteiger partial charge in [0.1, 0.15) is 5.75 Å². The van der Waals surface area contributed by atoms with Gasteiger partial charge >= 0.3 is 0 Å². The van der Waals surface area contributed by atoms with Gasteiger partial charge < -0.3 is 15.4 Å². The number of hydrogen-bond donors (Lipinski definition) is 2. The maximum absolute atomic E-state index is 12.6. The number of halogens is 2. The number of carbonyl (C=O) groups is 2. The van der Waals surface area contributed by atoms with Crippen LogP contribution in [0, 0.1) is 0 Å².